The van der Waals surface area contributed by atoms with E-state index in [0.29, 0.717) is 23.6 Å². The summed E-state index contributed by atoms with van der Waals surface area (Å²) in [6, 6.07) is 5.27. The predicted octanol–water partition coefficient (Wildman–Crippen LogP) is 2.46. The number of carboxylic acids is 1. The molecule has 1 amide bonds. The van der Waals surface area contributed by atoms with E-state index in [9.17, 15) is 18.4 Å². The molecule has 8 nitrogen and oxygen atoms in total. The number of nitrogens with one attached hydrogen (secondary N) is 1. The highest BCUT2D eigenvalue weighted by Gasteiger charge is 2.27. The van der Waals surface area contributed by atoms with Gasteiger partial charge in [0, 0.05) is 6.42 Å². The van der Waals surface area contributed by atoms with Crippen LogP contribution in [0.2, 0.25) is 0 Å². The molecule has 0 aliphatic rings. The summed E-state index contributed by atoms with van der Waals surface area (Å²) in [7, 11) is 0. The summed E-state index contributed by atoms with van der Waals surface area (Å²) < 4.78 is 32.1. The van der Waals surface area contributed by atoms with E-state index in [1.54, 1.807) is 31.2 Å². The number of rotatable bonds is 9. The third-order valence-electron chi connectivity index (χ3n) is 3.78. The molecule has 0 fully saturated rings. The second kappa shape index (κ2) is 9.25. The van der Waals surface area contributed by atoms with E-state index < -0.39 is 30.8 Å². The molecule has 0 radical (unpaired) electrons. The molecular formula is C18H22F2N4O4. The average molecular weight is 396 g/mol. The van der Waals surface area contributed by atoms with Crippen molar-refractivity contribution in [1.29, 1.82) is 0 Å². The van der Waals surface area contributed by atoms with Gasteiger partial charge in [-0.25, -0.2) is 18.3 Å². The lowest BCUT2D eigenvalue weighted by molar-refractivity contribution is -0.140. The van der Waals surface area contributed by atoms with Gasteiger partial charge in [0.05, 0.1) is 17.5 Å². The molecule has 10 heteroatoms. The molecule has 0 aliphatic carbocycles. The van der Waals surface area contributed by atoms with Crippen LogP contribution in [0.25, 0.3) is 5.69 Å². The predicted molar refractivity (Wildman–Crippen MR) is 96.0 cm³/mol. The molecule has 2 aromatic rings. The number of aliphatic carboxylic acids is 1. The number of aromatic nitrogens is 3. The van der Waals surface area contributed by atoms with Gasteiger partial charge in [-0.15, -0.1) is 5.10 Å². The van der Waals surface area contributed by atoms with E-state index in [4.69, 9.17) is 9.84 Å². The molecule has 1 aromatic heterocycles. The van der Waals surface area contributed by atoms with Crippen LogP contribution in [0, 0.1) is 0 Å². The number of halogens is 2. The van der Waals surface area contributed by atoms with Crippen molar-refractivity contribution < 1.29 is 28.2 Å². The molecule has 1 aromatic carbocycles. The van der Waals surface area contributed by atoms with Crippen LogP contribution in [0.4, 0.5) is 8.78 Å². The monoisotopic (exact) mass is 396 g/mol. The molecule has 1 atom stereocenters. The molecule has 152 valence electrons. The Kier molecular flexibility index (Phi) is 7.02. The number of alkyl halides is 2. The van der Waals surface area contributed by atoms with Gasteiger partial charge in [-0.1, -0.05) is 12.1 Å². The smallest absolute Gasteiger partial charge is 0.326 e. The number of amides is 1. The largest absolute Gasteiger partial charge is 0.491 e. The zero-order valence-electron chi connectivity index (χ0n) is 15.7. The second-order valence-corrected chi connectivity index (χ2v) is 6.30. The van der Waals surface area contributed by atoms with Gasteiger partial charge in [-0.2, -0.15) is 0 Å². The Balaban J connectivity index is 2.25. The normalized spacial score (nSPS) is 12.2. The van der Waals surface area contributed by atoms with E-state index in [1.807, 2.05) is 13.8 Å². The van der Waals surface area contributed by atoms with E-state index >= 15 is 0 Å². The first-order valence-electron chi connectivity index (χ1n) is 8.76. The van der Waals surface area contributed by atoms with Crippen LogP contribution < -0.4 is 10.1 Å². The molecule has 1 heterocycles. The number of carbonyl (C=O) groups excluding carboxylic acids is 1. The topological polar surface area (TPSA) is 106 Å². The van der Waals surface area contributed by atoms with Gasteiger partial charge in [-0.3, -0.25) is 4.79 Å². The highest BCUT2D eigenvalue weighted by Crippen LogP contribution is 2.19. The molecule has 0 saturated carbocycles. The number of nitrogens with zero attached hydrogens (tertiary/aromatic N) is 3. The van der Waals surface area contributed by atoms with Gasteiger partial charge in [0.15, 0.2) is 5.69 Å². The molecular weight excluding hydrogens is 374 g/mol. The van der Waals surface area contributed by atoms with Crippen LogP contribution in [0.15, 0.2) is 24.3 Å². The summed E-state index contributed by atoms with van der Waals surface area (Å²) >= 11 is 0. The minimum Gasteiger partial charge on any atom is -0.491 e. The van der Waals surface area contributed by atoms with Gasteiger partial charge in [0.2, 0.25) is 6.43 Å². The molecule has 2 N–H and O–H groups in total. The highest BCUT2D eigenvalue weighted by atomic mass is 19.3. The minimum atomic E-state index is -2.87. The van der Waals surface area contributed by atoms with Crippen LogP contribution in [-0.2, 0) is 11.2 Å². The zero-order chi connectivity index (χ0) is 20.8. The Morgan fingerprint density at radius 1 is 1.25 bits per heavy atom. The molecule has 0 aliphatic heterocycles. The van der Waals surface area contributed by atoms with Crippen LogP contribution in [0.3, 0.4) is 0 Å². The van der Waals surface area contributed by atoms with Crippen molar-refractivity contribution >= 4 is 11.9 Å². The number of benzene rings is 1. The molecule has 28 heavy (non-hydrogen) atoms. The maximum Gasteiger partial charge on any atom is 0.326 e. The highest BCUT2D eigenvalue weighted by molar-refractivity contribution is 5.95. The lowest BCUT2D eigenvalue weighted by Gasteiger charge is -2.13. The summed E-state index contributed by atoms with van der Waals surface area (Å²) in [5.74, 6) is -1.73. The summed E-state index contributed by atoms with van der Waals surface area (Å²) in [6.45, 7) is 5.59. The average Bonchev–Trinajstić information content (AvgIpc) is 3.04. The van der Waals surface area contributed by atoms with Crippen molar-refractivity contribution in [2.75, 3.05) is 0 Å². The van der Waals surface area contributed by atoms with Gasteiger partial charge in [0.1, 0.15) is 11.8 Å². The molecule has 1 unspecified atom stereocenters. The summed E-state index contributed by atoms with van der Waals surface area (Å²) in [6.07, 6.45) is -3.47. The standard InChI is InChI=1S/C18H22F2N4O4/c1-4-14-16(17(25)21-13(18(26)27)9-15(19)20)22-23-24(14)11-5-7-12(8-6-11)28-10(2)3/h5-8,10,13,15H,4,9H2,1-3H3,(H,21,25)(H,26,27). The lowest BCUT2D eigenvalue weighted by atomic mass is 10.2. The van der Waals surface area contributed by atoms with Gasteiger partial charge >= 0.3 is 5.97 Å². The fourth-order valence-electron chi connectivity index (χ4n) is 2.57. The fourth-order valence-corrected chi connectivity index (χ4v) is 2.57. The lowest BCUT2D eigenvalue weighted by Crippen LogP contribution is -2.42. The summed E-state index contributed by atoms with van der Waals surface area (Å²) in [4.78, 5) is 23.5. The number of carboxylic acid groups (broad SMARTS) is 1. The van der Waals surface area contributed by atoms with E-state index in [1.165, 1.54) is 4.68 Å². The van der Waals surface area contributed by atoms with Crippen LogP contribution >= 0.6 is 0 Å². The molecule has 0 bridgehead atoms. The number of ether oxygens (including phenoxy) is 1. The van der Waals surface area contributed by atoms with Crippen molar-refractivity contribution in [1.82, 2.24) is 20.3 Å². The van der Waals surface area contributed by atoms with Crippen LogP contribution in [0.5, 0.6) is 5.75 Å². The Morgan fingerprint density at radius 2 is 1.89 bits per heavy atom. The Bertz CT molecular complexity index is 821. The van der Waals surface area contributed by atoms with Crippen molar-refractivity contribution in [3.63, 3.8) is 0 Å². The van der Waals surface area contributed by atoms with Crippen molar-refractivity contribution in [3.8, 4) is 11.4 Å². The SMILES string of the molecule is CCc1c(C(=O)NC(CC(F)F)C(=O)O)nnn1-c1ccc(OC(C)C)cc1. The van der Waals surface area contributed by atoms with Crippen LogP contribution in [0.1, 0.15) is 43.4 Å². The molecule has 0 spiro atoms. The van der Waals surface area contributed by atoms with E-state index in [2.05, 4.69) is 15.6 Å². The first-order chi connectivity index (χ1) is 13.2. The quantitative estimate of drug-likeness (QED) is 0.674. The minimum absolute atomic E-state index is 0.0224. The maximum atomic E-state index is 12.5. The van der Waals surface area contributed by atoms with Crippen molar-refractivity contribution in [2.45, 2.75) is 52.2 Å². The fraction of sp³-hybridized carbons (Fsp3) is 0.444. The van der Waals surface area contributed by atoms with Gasteiger partial charge < -0.3 is 15.2 Å². The van der Waals surface area contributed by atoms with Gasteiger partial charge in [0.25, 0.3) is 5.91 Å². The third kappa shape index (κ3) is 5.24. The molecule has 2 rings (SSSR count). The Morgan fingerprint density at radius 3 is 2.39 bits per heavy atom. The zero-order valence-corrected chi connectivity index (χ0v) is 15.7. The van der Waals surface area contributed by atoms with Crippen LogP contribution in [-0.4, -0.2) is 50.5 Å². The van der Waals surface area contributed by atoms with Crippen molar-refractivity contribution in [2.24, 2.45) is 0 Å². The van der Waals surface area contributed by atoms with Crippen molar-refractivity contribution in [3.05, 3.63) is 35.7 Å². The Labute approximate surface area is 160 Å². The second-order valence-electron chi connectivity index (χ2n) is 6.30. The Hall–Kier alpha value is -3.04. The number of carbonyl (C=O) groups is 2. The first-order valence-corrected chi connectivity index (χ1v) is 8.76. The first kappa shape index (κ1) is 21.3. The maximum absolute atomic E-state index is 12.5. The molecule has 0 saturated heterocycles. The third-order valence-corrected chi connectivity index (χ3v) is 3.78. The van der Waals surface area contributed by atoms with E-state index in [0.717, 1.165) is 0 Å². The number of hydrogen-bond donors (Lipinski definition) is 2. The summed E-state index contributed by atoms with van der Waals surface area (Å²) in [5.41, 5.74) is 0.948. The van der Waals surface area contributed by atoms with Gasteiger partial charge in [-0.05, 0) is 44.5 Å². The number of hydrogen-bond acceptors (Lipinski definition) is 5. The van der Waals surface area contributed by atoms with E-state index in [-0.39, 0.29) is 11.8 Å². The summed E-state index contributed by atoms with van der Waals surface area (Å²) in [5, 5.41) is 18.9.